The second-order valence-corrected chi connectivity index (χ2v) is 10.5. The summed E-state index contributed by atoms with van der Waals surface area (Å²) in [6.45, 7) is 2.80. The predicted octanol–water partition coefficient (Wildman–Crippen LogP) is 2.06. The molecule has 0 spiro atoms. The molecule has 0 aromatic heterocycles. The predicted molar refractivity (Wildman–Crippen MR) is 140 cm³/mol. The van der Waals surface area contributed by atoms with Crippen LogP contribution in [0, 0.1) is 0 Å². The van der Waals surface area contributed by atoms with Gasteiger partial charge in [0.1, 0.15) is 36.3 Å². The van der Waals surface area contributed by atoms with Crippen LogP contribution in [0.5, 0.6) is 5.75 Å². The number of hydrogen-bond acceptors (Lipinski definition) is 8. The second kappa shape index (κ2) is 13.4. The SMILES string of the molecule is OC[C@H]1O[C@@H](c2ccc(Cl)c(Cc3ccc(OCC[C@H](O)CN4CCCCC4)cc3)c2)[C@H](O)[C@@H](O)[C@@H]1O. The molecule has 0 amide bonds. The molecular formula is C28H38ClNO7. The van der Waals surface area contributed by atoms with E-state index in [1.165, 1.54) is 19.3 Å². The van der Waals surface area contributed by atoms with Gasteiger partial charge in [0, 0.05) is 18.0 Å². The molecule has 204 valence electrons. The molecule has 9 heteroatoms. The number of halogens is 1. The fourth-order valence-corrected chi connectivity index (χ4v) is 5.24. The Bertz CT molecular complexity index is 983. The van der Waals surface area contributed by atoms with E-state index in [0.717, 1.165) is 30.0 Å². The van der Waals surface area contributed by atoms with Crippen molar-refractivity contribution in [1.29, 1.82) is 0 Å². The van der Waals surface area contributed by atoms with Gasteiger partial charge in [-0.2, -0.15) is 0 Å². The van der Waals surface area contributed by atoms with Crippen LogP contribution in [0.15, 0.2) is 42.5 Å². The quantitative estimate of drug-likeness (QED) is 0.313. The summed E-state index contributed by atoms with van der Waals surface area (Å²) in [4.78, 5) is 2.32. The lowest BCUT2D eigenvalue weighted by molar-refractivity contribution is -0.231. The van der Waals surface area contributed by atoms with E-state index in [1.54, 1.807) is 12.1 Å². The number of likely N-dealkylation sites (tertiary alicyclic amines) is 1. The Morgan fingerprint density at radius 1 is 0.973 bits per heavy atom. The van der Waals surface area contributed by atoms with Gasteiger partial charge in [-0.1, -0.05) is 42.3 Å². The number of benzene rings is 2. The maximum atomic E-state index is 10.5. The van der Waals surface area contributed by atoms with Gasteiger partial charge in [0.05, 0.1) is 19.3 Å². The van der Waals surface area contributed by atoms with E-state index in [9.17, 15) is 25.5 Å². The summed E-state index contributed by atoms with van der Waals surface area (Å²) < 4.78 is 11.5. The van der Waals surface area contributed by atoms with Crippen LogP contribution < -0.4 is 4.74 Å². The van der Waals surface area contributed by atoms with Gasteiger partial charge < -0.3 is 39.9 Å². The number of ether oxygens (including phenoxy) is 2. The van der Waals surface area contributed by atoms with E-state index in [0.29, 0.717) is 36.6 Å². The Kier molecular flexibility index (Phi) is 10.2. The largest absolute Gasteiger partial charge is 0.493 e. The molecule has 0 radical (unpaired) electrons. The first-order valence-electron chi connectivity index (χ1n) is 13.1. The lowest BCUT2D eigenvalue weighted by Gasteiger charge is -2.40. The van der Waals surface area contributed by atoms with E-state index in [-0.39, 0.29) is 0 Å². The van der Waals surface area contributed by atoms with Crippen molar-refractivity contribution in [2.45, 2.75) is 68.7 Å². The van der Waals surface area contributed by atoms with Crippen molar-refractivity contribution >= 4 is 11.6 Å². The molecule has 2 saturated heterocycles. The fraction of sp³-hybridized carbons (Fsp3) is 0.571. The molecule has 2 aliphatic heterocycles. The molecule has 0 unspecified atom stereocenters. The van der Waals surface area contributed by atoms with Gasteiger partial charge in [-0.05, 0) is 67.2 Å². The van der Waals surface area contributed by atoms with Gasteiger partial charge in [-0.3, -0.25) is 0 Å². The molecule has 2 fully saturated rings. The van der Waals surface area contributed by atoms with Crippen molar-refractivity contribution in [2.24, 2.45) is 0 Å². The summed E-state index contributed by atoms with van der Waals surface area (Å²) in [7, 11) is 0. The molecule has 2 aromatic carbocycles. The molecule has 4 rings (SSSR count). The first kappa shape index (κ1) is 28.3. The summed E-state index contributed by atoms with van der Waals surface area (Å²) in [5, 5.41) is 51.0. The second-order valence-electron chi connectivity index (χ2n) is 10.1. The van der Waals surface area contributed by atoms with Crippen LogP contribution in [0.4, 0.5) is 0 Å². The van der Waals surface area contributed by atoms with E-state index >= 15 is 0 Å². The maximum absolute atomic E-state index is 10.5. The standard InChI is InChI=1S/C28H38ClNO7/c29-23-9-6-19(28-27(35)26(34)25(33)24(17-31)37-28)15-20(23)14-18-4-7-22(8-5-18)36-13-10-21(32)16-30-11-2-1-3-12-30/h4-9,15,21,24-28,31-35H,1-3,10-14,16-17H2/t21-,24+,25+,26-,27+,28-/m0/s1. The van der Waals surface area contributed by atoms with E-state index in [1.807, 2.05) is 30.3 Å². The Labute approximate surface area is 223 Å². The number of aliphatic hydroxyl groups excluding tert-OH is 5. The zero-order valence-electron chi connectivity index (χ0n) is 21.0. The van der Waals surface area contributed by atoms with Crippen LogP contribution >= 0.6 is 11.6 Å². The van der Waals surface area contributed by atoms with Gasteiger partial charge in [0.15, 0.2) is 0 Å². The van der Waals surface area contributed by atoms with Crippen molar-refractivity contribution in [1.82, 2.24) is 4.90 Å². The highest BCUT2D eigenvalue weighted by Crippen LogP contribution is 2.34. The highest BCUT2D eigenvalue weighted by atomic mass is 35.5. The Morgan fingerprint density at radius 2 is 1.70 bits per heavy atom. The summed E-state index contributed by atoms with van der Waals surface area (Å²) in [6, 6.07) is 12.9. The molecule has 37 heavy (non-hydrogen) atoms. The molecule has 2 heterocycles. The smallest absolute Gasteiger partial charge is 0.119 e. The fourth-order valence-electron chi connectivity index (χ4n) is 5.05. The zero-order chi connectivity index (χ0) is 26.4. The Balaban J connectivity index is 1.32. The van der Waals surface area contributed by atoms with Crippen LogP contribution in [-0.2, 0) is 11.2 Å². The molecule has 8 nitrogen and oxygen atoms in total. The molecule has 2 aliphatic rings. The molecular weight excluding hydrogens is 498 g/mol. The number of hydrogen-bond donors (Lipinski definition) is 5. The van der Waals surface area contributed by atoms with Crippen molar-refractivity contribution < 1.29 is 35.0 Å². The number of aliphatic hydroxyl groups is 5. The normalized spacial score (nSPS) is 27.7. The van der Waals surface area contributed by atoms with Gasteiger partial charge in [0.25, 0.3) is 0 Å². The third kappa shape index (κ3) is 7.43. The first-order valence-corrected chi connectivity index (χ1v) is 13.4. The molecule has 0 saturated carbocycles. The number of piperidine rings is 1. The summed E-state index contributed by atoms with van der Waals surface area (Å²) in [6.07, 6.45) is -1.66. The van der Waals surface area contributed by atoms with Crippen molar-refractivity contribution in [3.63, 3.8) is 0 Å². The van der Waals surface area contributed by atoms with Crippen molar-refractivity contribution in [3.05, 3.63) is 64.2 Å². The Hall–Kier alpha value is -1.75. The first-order chi connectivity index (χ1) is 17.9. The minimum atomic E-state index is -1.44. The summed E-state index contributed by atoms with van der Waals surface area (Å²) >= 11 is 6.44. The average Bonchev–Trinajstić information content (AvgIpc) is 2.90. The number of rotatable bonds is 10. The molecule has 0 bridgehead atoms. The van der Waals surface area contributed by atoms with Crippen LogP contribution in [-0.4, -0.2) is 93.8 Å². The van der Waals surface area contributed by atoms with Crippen LogP contribution in [0.3, 0.4) is 0 Å². The molecule has 6 atom stereocenters. The van der Waals surface area contributed by atoms with Crippen LogP contribution in [0.25, 0.3) is 0 Å². The molecule has 2 aromatic rings. The number of β-amino-alcohol motifs (C(OH)–C–C–N with tert-alkyl or cyclic N) is 1. The minimum absolute atomic E-state index is 0.393. The van der Waals surface area contributed by atoms with E-state index in [2.05, 4.69) is 4.90 Å². The topological polar surface area (TPSA) is 123 Å². The highest BCUT2D eigenvalue weighted by molar-refractivity contribution is 6.31. The van der Waals surface area contributed by atoms with E-state index < -0.39 is 43.2 Å². The summed E-state index contributed by atoms with van der Waals surface area (Å²) in [5.74, 6) is 0.732. The lowest BCUT2D eigenvalue weighted by atomic mass is 9.90. The monoisotopic (exact) mass is 535 g/mol. The third-order valence-electron chi connectivity index (χ3n) is 7.25. The van der Waals surface area contributed by atoms with Crippen molar-refractivity contribution in [2.75, 3.05) is 32.8 Å². The van der Waals surface area contributed by atoms with Crippen molar-refractivity contribution in [3.8, 4) is 5.75 Å². The number of nitrogens with zero attached hydrogens (tertiary/aromatic N) is 1. The highest BCUT2D eigenvalue weighted by Gasteiger charge is 2.44. The van der Waals surface area contributed by atoms with Gasteiger partial charge in [-0.25, -0.2) is 0 Å². The van der Waals surface area contributed by atoms with Gasteiger partial charge >= 0.3 is 0 Å². The van der Waals surface area contributed by atoms with Gasteiger partial charge in [-0.15, -0.1) is 0 Å². The third-order valence-corrected chi connectivity index (χ3v) is 7.61. The molecule has 0 aliphatic carbocycles. The Morgan fingerprint density at radius 3 is 2.41 bits per heavy atom. The van der Waals surface area contributed by atoms with Gasteiger partial charge in [0.2, 0.25) is 0 Å². The molecule has 5 N–H and O–H groups in total. The lowest BCUT2D eigenvalue weighted by Crippen LogP contribution is -2.55. The van der Waals surface area contributed by atoms with Crippen LogP contribution in [0.1, 0.15) is 48.5 Å². The minimum Gasteiger partial charge on any atom is -0.493 e. The summed E-state index contributed by atoms with van der Waals surface area (Å²) in [5.41, 5.74) is 2.41. The van der Waals surface area contributed by atoms with E-state index in [4.69, 9.17) is 21.1 Å². The maximum Gasteiger partial charge on any atom is 0.119 e. The average molecular weight is 536 g/mol. The zero-order valence-corrected chi connectivity index (χ0v) is 21.7. The van der Waals surface area contributed by atoms with Crippen LogP contribution in [0.2, 0.25) is 5.02 Å².